The zero-order valence-corrected chi connectivity index (χ0v) is 10.7. The number of benzene rings is 1. The summed E-state index contributed by atoms with van der Waals surface area (Å²) in [5, 5.41) is 6.73. The first kappa shape index (κ1) is 12.6. The molecule has 10 heteroatoms. The van der Waals surface area contributed by atoms with E-state index in [1.54, 1.807) is 0 Å². The van der Waals surface area contributed by atoms with Crippen LogP contribution in [0.5, 0.6) is 0 Å². The van der Waals surface area contributed by atoms with E-state index < -0.39 is 15.8 Å². The van der Waals surface area contributed by atoms with E-state index in [1.165, 1.54) is 13.0 Å². The van der Waals surface area contributed by atoms with E-state index in [-0.39, 0.29) is 21.3 Å². The van der Waals surface area contributed by atoms with Gasteiger partial charge in [0, 0.05) is 11.5 Å². The summed E-state index contributed by atoms with van der Waals surface area (Å²) >= 11 is 0.788. The molecule has 2 rings (SSSR count). The average molecular weight is 289 g/mol. The van der Waals surface area contributed by atoms with Crippen molar-refractivity contribution < 1.29 is 12.8 Å². The molecule has 0 aliphatic carbocycles. The van der Waals surface area contributed by atoms with Crippen LogP contribution >= 0.6 is 11.5 Å². The van der Waals surface area contributed by atoms with Gasteiger partial charge < -0.3 is 5.73 Å². The minimum absolute atomic E-state index is 0.0237. The van der Waals surface area contributed by atoms with E-state index in [0.29, 0.717) is 0 Å². The van der Waals surface area contributed by atoms with E-state index in [0.717, 1.165) is 17.6 Å². The van der Waals surface area contributed by atoms with Crippen LogP contribution in [0.15, 0.2) is 17.0 Å². The fourth-order valence-electron chi connectivity index (χ4n) is 1.26. The van der Waals surface area contributed by atoms with Crippen LogP contribution in [0.4, 0.5) is 15.2 Å². The number of nitrogens with zero attached hydrogens (tertiary/aromatic N) is 3. The van der Waals surface area contributed by atoms with Crippen molar-refractivity contribution in [1.82, 2.24) is 14.8 Å². The van der Waals surface area contributed by atoms with Gasteiger partial charge in [-0.3, -0.25) is 4.72 Å². The maximum Gasteiger partial charge on any atom is 0.263 e. The summed E-state index contributed by atoms with van der Waals surface area (Å²) < 4.78 is 42.8. The molecule has 0 atom stereocenters. The Kier molecular flexibility index (Phi) is 3.13. The van der Waals surface area contributed by atoms with Crippen molar-refractivity contribution in [2.45, 2.75) is 11.8 Å². The lowest BCUT2D eigenvalue weighted by atomic mass is 10.2. The number of hydrogen-bond donors (Lipinski definition) is 2. The molecule has 0 spiro atoms. The Bertz CT molecular complexity index is 648. The van der Waals surface area contributed by atoms with Crippen molar-refractivity contribution in [1.29, 1.82) is 0 Å². The highest BCUT2D eigenvalue weighted by atomic mass is 32.2. The van der Waals surface area contributed by atoms with Gasteiger partial charge in [-0.1, -0.05) is 9.59 Å². The van der Waals surface area contributed by atoms with Crippen molar-refractivity contribution in [2.24, 2.45) is 0 Å². The summed E-state index contributed by atoms with van der Waals surface area (Å²) in [6, 6.07) is 2.22. The number of nitrogens with two attached hydrogens (primary N) is 1. The first-order valence-corrected chi connectivity index (χ1v) is 6.89. The average Bonchev–Trinajstić information content (AvgIpc) is 2.77. The third-order valence-corrected chi connectivity index (χ3v) is 4.05. The molecule has 0 aliphatic heterocycles. The molecule has 0 fully saturated rings. The Labute approximate surface area is 106 Å². The molecule has 0 saturated carbocycles. The molecule has 0 unspecified atom stereocenters. The monoisotopic (exact) mass is 289 g/mol. The van der Waals surface area contributed by atoms with Crippen LogP contribution < -0.4 is 10.5 Å². The maximum atomic E-state index is 13.3. The summed E-state index contributed by atoms with van der Waals surface area (Å²) in [4.78, 5) is -0.144. The van der Waals surface area contributed by atoms with Gasteiger partial charge in [0.15, 0.2) is 0 Å². The molecule has 7 nitrogen and oxygen atoms in total. The van der Waals surface area contributed by atoms with Gasteiger partial charge in [0.1, 0.15) is 5.82 Å². The second-order valence-electron chi connectivity index (χ2n) is 3.42. The van der Waals surface area contributed by atoms with E-state index >= 15 is 0 Å². The van der Waals surface area contributed by atoms with Crippen LogP contribution in [-0.4, -0.2) is 23.2 Å². The van der Waals surface area contributed by atoms with Gasteiger partial charge in [-0.15, -0.1) is 0 Å². The molecule has 0 saturated heterocycles. The Morgan fingerprint density at radius 1 is 1.44 bits per heavy atom. The second kappa shape index (κ2) is 4.46. The minimum atomic E-state index is -3.87. The first-order valence-electron chi connectivity index (χ1n) is 4.63. The number of nitrogens with one attached hydrogen (secondary N) is 1. The largest absolute Gasteiger partial charge is 0.396 e. The molecule has 2 aromatic rings. The third-order valence-electron chi connectivity index (χ3n) is 2.09. The number of nitrogen functional groups attached to an aromatic ring is 1. The van der Waals surface area contributed by atoms with Crippen molar-refractivity contribution in [3.05, 3.63) is 23.5 Å². The second-order valence-corrected chi connectivity index (χ2v) is 5.83. The van der Waals surface area contributed by atoms with Gasteiger partial charge in [-0.25, -0.2) is 12.8 Å². The van der Waals surface area contributed by atoms with Gasteiger partial charge in [-0.05, 0) is 29.8 Å². The van der Waals surface area contributed by atoms with Crippen LogP contribution in [0.2, 0.25) is 0 Å². The molecule has 1 aromatic carbocycles. The van der Waals surface area contributed by atoms with E-state index in [4.69, 9.17) is 5.73 Å². The predicted octanol–water partition coefficient (Wildman–Crippen LogP) is 0.764. The van der Waals surface area contributed by atoms with Crippen LogP contribution in [0.1, 0.15) is 5.56 Å². The first-order chi connectivity index (χ1) is 8.40. The van der Waals surface area contributed by atoms with E-state index in [2.05, 4.69) is 19.5 Å². The zero-order valence-electron chi connectivity index (χ0n) is 9.08. The number of halogens is 1. The van der Waals surface area contributed by atoms with Crippen molar-refractivity contribution in [3.8, 4) is 0 Å². The molecule has 18 heavy (non-hydrogen) atoms. The van der Waals surface area contributed by atoms with Gasteiger partial charge in [0.05, 0.1) is 10.6 Å². The van der Waals surface area contributed by atoms with Crippen LogP contribution in [0.25, 0.3) is 0 Å². The summed E-state index contributed by atoms with van der Waals surface area (Å²) in [6.45, 7) is 1.43. The molecule has 0 radical (unpaired) electrons. The normalized spacial score (nSPS) is 11.4. The van der Waals surface area contributed by atoms with Crippen LogP contribution in [0, 0.1) is 12.7 Å². The number of hydrogen-bond acceptors (Lipinski definition) is 7. The summed E-state index contributed by atoms with van der Waals surface area (Å²) in [5.41, 5.74) is 5.30. The van der Waals surface area contributed by atoms with Crippen LogP contribution in [-0.2, 0) is 10.0 Å². The van der Waals surface area contributed by atoms with Crippen LogP contribution in [0.3, 0.4) is 0 Å². The minimum Gasteiger partial charge on any atom is -0.396 e. The van der Waals surface area contributed by atoms with E-state index in [1.807, 2.05) is 0 Å². The van der Waals surface area contributed by atoms with E-state index in [9.17, 15) is 12.8 Å². The lowest BCUT2D eigenvalue weighted by Gasteiger charge is -2.07. The quantitative estimate of drug-likeness (QED) is 0.807. The van der Waals surface area contributed by atoms with Crippen molar-refractivity contribution >= 4 is 32.4 Å². The topological polar surface area (TPSA) is 111 Å². The number of anilines is 2. The highest BCUT2D eigenvalue weighted by molar-refractivity contribution is 7.93. The number of rotatable bonds is 3. The standard InChI is InChI=1S/C8H8FN5O2S2/c1-4-2-5(3-6(10)7(4)9)18(15,16)12-8-11-13-14-17-8/h2-3H,10H2,1H3,(H,11,12,14). The van der Waals surface area contributed by atoms with Crippen molar-refractivity contribution in [2.75, 3.05) is 10.5 Å². The SMILES string of the molecule is Cc1cc(S(=O)(=O)Nc2nnns2)cc(N)c1F. The molecular formula is C8H8FN5O2S2. The highest BCUT2D eigenvalue weighted by Gasteiger charge is 2.19. The Balaban J connectivity index is 2.42. The zero-order chi connectivity index (χ0) is 13.3. The summed E-state index contributed by atoms with van der Waals surface area (Å²) in [7, 11) is -3.87. The highest BCUT2D eigenvalue weighted by Crippen LogP contribution is 2.22. The summed E-state index contributed by atoms with van der Waals surface area (Å²) in [5.74, 6) is -0.633. The molecule has 1 aromatic heterocycles. The van der Waals surface area contributed by atoms with Gasteiger partial charge in [0.25, 0.3) is 10.0 Å². The predicted molar refractivity (Wildman–Crippen MR) is 64.1 cm³/mol. The lowest BCUT2D eigenvalue weighted by Crippen LogP contribution is -2.14. The van der Waals surface area contributed by atoms with Crippen molar-refractivity contribution in [3.63, 3.8) is 0 Å². The maximum absolute atomic E-state index is 13.3. The Morgan fingerprint density at radius 2 is 2.17 bits per heavy atom. The van der Waals surface area contributed by atoms with Gasteiger partial charge in [0.2, 0.25) is 5.13 Å². The molecule has 3 N–H and O–H groups in total. The fraction of sp³-hybridized carbons (Fsp3) is 0.125. The van der Waals surface area contributed by atoms with Gasteiger partial charge in [-0.2, -0.15) is 0 Å². The molecule has 1 heterocycles. The molecular weight excluding hydrogens is 281 g/mol. The molecule has 0 aliphatic rings. The fourth-order valence-corrected chi connectivity index (χ4v) is 2.97. The smallest absolute Gasteiger partial charge is 0.263 e. The lowest BCUT2D eigenvalue weighted by molar-refractivity contribution is 0.599. The molecule has 0 amide bonds. The number of aryl methyl sites for hydroxylation is 1. The Morgan fingerprint density at radius 3 is 2.72 bits per heavy atom. The Hall–Kier alpha value is -1.81. The molecule has 0 bridgehead atoms. The summed E-state index contributed by atoms with van der Waals surface area (Å²) in [6.07, 6.45) is 0. The molecule has 96 valence electrons. The number of aromatic nitrogens is 3. The third kappa shape index (κ3) is 2.38. The van der Waals surface area contributed by atoms with Gasteiger partial charge >= 0.3 is 0 Å². The number of sulfonamides is 1.